The van der Waals surface area contributed by atoms with E-state index in [1.54, 1.807) is 6.20 Å². The molecule has 0 aliphatic rings. The number of carbonyl (C=O) groups excluding carboxylic acids is 1. The molecule has 2 aromatic carbocycles. The quantitative estimate of drug-likeness (QED) is 0.422. The average molecular weight is 374 g/mol. The number of amides is 2. The second-order valence-corrected chi connectivity index (χ2v) is 6.71. The molecule has 4 N–H and O–H groups in total. The van der Waals surface area contributed by atoms with Gasteiger partial charge in [-0.3, -0.25) is 10.4 Å². The second kappa shape index (κ2) is 7.56. The largest absolute Gasteiger partial charge is 0.381 e. The molecule has 2 heterocycles. The lowest BCUT2D eigenvalue weighted by atomic mass is 10.1. The lowest BCUT2D eigenvalue weighted by Gasteiger charge is -2.12. The van der Waals surface area contributed by atoms with Crippen molar-refractivity contribution in [1.82, 2.24) is 20.5 Å². The van der Waals surface area contributed by atoms with Crippen LogP contribution in [0.3, 0.4) is 0 Å². The van der Waals surface area contributed by atoms with Crippen LogP contribution < -0.4 is 16.0 Å². The number of hydrogen-bond donors (Lipinski definition) is 4. The molecule has 0 atom stereocenters. The summed E-state index contributed by atoms with van der Waals surface area (Å²) in [6.45, 7) is 5.20. The van der Waals surface area contributed by atoms with Gasteiger partial charge in [-0.05, 0) is 54.6 Å². The predicted molar refractivity (Wildman–Crippen MR) is 113 cm³/mol. The van der Waals surface area contributed by atoms with Crippen molar-refractivity contribution in [2.75, 3.05) is 17.2 Å². The third kappa shape index (κ3) is 3.73. The molecule has 0 spiro atoms. The zero-order chi connectivity index (χ0) is 19.5. The first-order chi connectivity index (χ1) is 13.6. The molecule has 2 amide bonds. The van der Waals surface area contributed by atoms with Crippen LogP contribution in [0.15, 0.2) is 48.8 Å². The molecule has 0 radical (unpaired) electrons. The number of benzene rings is 2. The maximum Gasteiger partial charge on any atom is 0.320 e. The van der Waals surface area contributed by atoms with E-state index in [-0.39, 0.29) is 6.03 Å². The molecule has 7 heteroatoms. The first-order valence-corrected chi connectivity index (χ1v) is 9.23. The number of pyridine rings is 1. The van der Waals surface area contributed by atoms with Crippen LogP contribution in [0.2, 0.25) is 0 Å². The average Bonchev–Trinajstić information content (AvgIpc) is 3.14. The Balaban J connectivity index is 1.55. The zero-order valence-electron chi connectivity index (χ0n) is 15.8. The van der Waals surface area contributed by atoms with Crippen LogP contribution >= 0.6 is 0 Å². The molecule has 0 fully saturated rings. The molecule has 0 unspecified atom stereocenters. The van der Waals surface area contributed by atoms with Crippen molar-refractivity contribution in [2.24, 2.45) is 0 Å². The van der Waals surface area contributed by atoms with Crippen LogP contribution in [-0.4, -0.2) is 27.8 Å². The normalized spacial score (nSPS) is 10.9. The van der Waals surface area contributed by atoms with Gasteiger partial charge in [-0.15, -0.1) is 0 Å². The summed E-state index contributed by atoms with van der Waals surface area (Å²) in [4.78, 5) is 16.1. The monoisotopic (exact) mass is 374 g/mol. The van der Waals surface area contributed by atoms with E-state index in [2.05, 4.69) is 68.4 Å². The van der Waals surface area contributed by atoms with Gasteiger partial charge >= 0.3 is 6.03 Å². The van der Waals surface area contributed by atoms with E-state index in [0.717, 1.165) is 32.9 Å². The summed E-state index contributed by atoms with van der Waals surface area (Å²) in [6.07, 6.45) is 3.61. The molecule has 7 nitrogen and oxygen atoms in total. The molecule has 0 aliphatic carbocycles. The Labute approximate surface area is 162 Å². The van der Waals surface area contributed by atoms with E-state index in [1.165, 1.54) is 5.56 Å². The maximum absolute atomic E-state index is 11.7. The number of aromatic nitrogens is 3. The molecule has 0 saturated heterocycles. The van der Waals surface area contributed by atoms with E-state index >= 15 is 0 Å². The van der Waals surface area contributed by atoms with Gasteiger partial charge in [0.1, 0.15) is 5.82 Å². The van der Waals surface area contributed by atoms with E-state index in [1.807, 2.05) is 19.2 Å². The summed E-state index contributed by atoms with van der Waals surface area (Å²) in [6, 6.07) is 12.1. The number of anilines is 2. The minimum absolute atomic E-state index is 0.255. The molecule has 0 saturated carbocycles. The molecule has 2 aromatic heterocycles. The highest BCUT2D eigenvalue weighted by molar-refractivity contribution is 5.94. The van der Waals surface area contributed by atoms with Gasteiger partial charge in [-0.25, -0.2) is 9.78 Å². The highest BCUT2D eigenvalue weighted by atomic mass is 16.2. The Hall–Kier alpha value is -3.61. The fourth-order valence-electron chi connectivity index (χ4n) is 3.23. The fourth-order valence-corrected chi connectivity index (χ4v) is 3.23. The summed E-state index contributed by atoms with van der Waals surface area (Å²) in [5.41, 5.74) is 4.34. The number of H-pyrrole nitrogens is 1. The summed E-state index contributed by atoms with van der Waals surface area (Å²) in [5, 5.41) is 19.2. The number of rotatable bonds is 5. The van der Waals surface area contributed by atoms with Gasteiger partial charge < -0.3 is 10.6 Å². The molecular weight excluding hydrogens is 352 g/mol. The molecule has 0 aliphatic heterocycles. The van der Waals surface area contributed by atoms with Crippen molar-refractivity contribution in [1.29, 1.82) is 0 Å². The number of aromatic amines is 1. The summed E-state index contributed by atoms with van der Waals surface area (Å²) < 4.78 is 0. The predicted octanol–water partition coefficient (Wildman–Crippen LogP) is 4.17. The number of nitrogens with zero attached hydrogens (tertiary/aromatic N) is 2. The third-order valence-corrected chi connectivity index (χ3v) is 4.63. The molecule has 4 rings (SSSR count). The fraction of sp³-hybridized carbons (Fsp3) is 0.190. The smallest absolute Gasteiger partial charge is 0.320 e. The van der Waals surface area contributed by atoms with Gasteiger partial charge in [0.05, 0.1) is 11.7 Å². The minimum atomic E-state index is -0.255. The van der Waals surface area contributed by atoms with Gasteiger partial charge in [0.15, 0.2) is 0 Å². The van der Waals surface area contributed by atoms with Crippen molar-refractivity contribution < 1.29 is 4.79 Å². The molecule has 0 bridgehead atoms. The molecule has 28 heavy (non-hydrogen) atoms. The molecule has 4 aromatic rings. The van der Waals surface area contributed by atoms with Crippen molar-refractivity contribution >= 4 is 39.2 Å². The minimum Gasteiger partial charge on any atom is -0.381 e. The van der Waals surface area contributed by atoms with Crippen molar-refractivity contribution in [3.05, 3.63) is 59.9 Å². The number of carbonyl (C=O) groups is 1. The van der Waals surface area contributed by atoms with Crippen molar-refractivity contribution in [3.63, 3.8) is 0 Å². The van der Waals surface area contributed by atoms with E-state index in [4.69, 9.17) is 0 Å². The Kier molecular flexibility index (Phi) is 4.80. The summed E-state index contributed by atoms with van der Waals surface area (Å²) in [7, 11) is 0. The van der Waals surface area contributed by atoms with Crippen molar-refractivity contribution in [3.8, 4) is 0 Å². The van der Waals surface area contributed by atoms with Crippen LogP contribution in [0, 0.1) is 6.92 Å². The highest BCUT2D eigenvalue weighted by Gasteiger charge is 2.06. The second-order valence-electron chi connectivity index (χ2n) is 6.71. The number of nitrogens with one attached hydrogen (secondary N) is 4. The number of urea groups is 1. The first-order valence-electron chi connectivity index (χ1n) is 9.23. The number of aryl methyl sites for hydroxylation is 1. The molecule has 142 valence electrons. The third-order valence-electron chi connectivity index (χ3n) is 4.63. The van der Waals surface area contributed by atoms with Gasteiger partial charge in [0.25, 0.3) is 0 Å². The highest BCUT2D eigenvalue weighted by Crippen LogP contribution is 2.25. The van der Waals surface area contributed by atoms with Gasteiger partial charge in [-0.2, -0.15) is 5.10 Å². The van der Waals surface area contributed by atoms with E-state index < -0.39 is 0 Å². The van der Waals surface area contributed by atoms with Gasteiger partial charge in [0.2, 0.25) is 0 Å². The SMILES string of the molecule is CCNC(=O)Nc1cc2cc(NCc3ccc4cn[nH]c4c3)cc(C)c2cn1. The topological polar surface area (TPSA) is 94.7 Å². The van der Waals surface area contributed by atoms with Crippen LogP contribution in [0.25, 0.3) is 21.7 Å². The van der Waals surface area contributed by atoms with Crippen molar-refractivity contribution in [2.45, 2.75) is 20.4 Å². The Bertz CT molecular complexity index is 1150. The van der Waals surface area contributed by atoms with Gasteiger partial charge in [0, 0.05) is 35.7 Å². The van der Waals surface area contributed by atoms with Crippen LogP contribution in [0.4, 0.5) is 16.3 Å². The Morgan fingerprint density at radius 3 is 2.86 bits per heavy atom. The first kappa shape index (κ1) is 17.8. The zero-order valence-corrected chi connectivity index (χ0v) is 15.8. The Morgan fingerprint density at radius 2 is 2.00 bits per heavy atom. The summed E-state index contributed by atoms with van der Waals surface area (Å²) >= 11 is 0. The van der Waals surface area contributed by atoms with Crippen LogP contribution in [-0.2, 0) is 6.54 Å². The maximum atomic E-state index is 11.7. The lowest BCUT2D eigenvalue weighted by Crippen LogP contribution is -2.28. The lowest BCUT2D eigenvalue weighted by molar-refractivity contribution is 0.252. The van der Waals surface area contributed by atoms with E-state index in [0.29, 0.717) is 18.9 Å². The molecular formula is C21H22N6O. The summed E-state index contributed by atoms with van der Waals surface area (Å²) in [5.74, 6) is 0.527. The van der Waals surface area contributed by atoms with E-state index in [9.17, 15) is 4.79 Å². The number of hydrogen-bond acceptors (Lipinski definition) is 4. The van der Waals surface area contributed by atoms with Crippen LogP contribution in [0.5, 0.6) is 0 Å². The Morgan fingerprint density at radius 1 is 1.11 bits per heavy atom. The van der Waals surface area contributed by atoms with Gasteiger partial charge in [-0.1, -0.05) is 12.1 Å². The number of fused-ring (bicyclic) bond motifs is 2. The van der Waals surface area contributed by atoms with Crippen LogP contribution in [0.1, 0.15) is 18.1 Å². The standard InChI is InChI=1S/C21H22N6O/c1-3-22-21(28)26-20-9-16-8-17(6-13(2)18(16)12-24-20)23-10-14-4-5-15-11-25-27-19(15)7-14/h4-9,11-12,23H,3,10H2,1-2H3,(H,25,27)(H2,22,24,26,28).